The van der Waals surface area contributed by atoms with Crippen LogP contribution in [0.1, 0.15) is 12.0 Å². The summed E-state index contributed by atoms with van der Waals surface area (Å²) < 4.78 is 4.93. The first-order chi connectivity index (χ1) is 9.55. The molecule has 0 aliphatic carbocycles. The number of carboxylic acids is 1. The summed E-state index contributed by atoms with van der Waals surface area (Å²) in [7, 11) is 1.38. The largest absolute Gasteiger partial charge is 0.481 e. The van der Waals surface area contributed by atoms with Crippen molar-refractivity contribution in [3.8, 4) is 6.07 Å². The quantitative estimate of drug-likeness (QED) is 0.722. The second kappa shape index (κ2) is 7.76. The van der Waals surface area contributed by atoms with Crippen LogP contribution < -0.4 is 10.6 Å². The summed E-state index contributed by atoms with van der Waals surface area (Å²) in [6.07, 6.45) is -0.771. The number of amides is 2. The Kier molecular flexibility index (Phi) is 6.00. The van der Waals surface area contributed by atoms with Gasteiger partial charge in [0.2, 0.25) is 0 Å². The van der Waals surface area contributed by atoms with Gasteiger partial charge in [0.25, 0.3) is 0 Å². The van der Waals surface area contributed by atoms with E-state index in [0.29, 0.717) is 11.3 Å². The topological polar surface area (TPSA) is 111 Å². The number of nitriles is 1. The number of carbonyl (C=O) groups excluding carboxylic acids is 1. The Bertz CT molecular complexity index is 507. The molecule has 1 aromatic rings. The van der Waals surface area contributed by atoms with E-state index in [1.807, 2.05) is 6.07 Å². The molecular formula is C13H15N3O4. The lowest BCUT2D eigenvalue weighted by molar-refractivity contribution is -0.139. The predicted octanol–water partition coefficient (Wildman–Crippen LogP) is 1.17. The van der Waals surface area contributed by atoms with E-state index in [1.165, 1.54) is 7.11 Å². The number of methoxy groups -OCH3 is 1. The molecular weight excluding hydrogens is 262 g/mol. The first kappa shape index (κ1) is 15.5. The van der Waals surface area contributed by atoms with Gasteiger partial charge in [-0.2, -0.15) is 5.26 Å². The van der Waals surface area contributed by atoms with Crippen LogP contribution in [-0.4, -0.2) is 36.9 Å². The van der Waals surface area contributed by atoms with Gasteiger partial charge in [-0.15, -0.1) is 0 Å². The molecule has 0 radical (unpaired) electrons. The fourth-order valence-corrected chi connectivity index (χ4v) is 1.44. The molecule has 1 atom stereocenters. The number of nitrogens with one attached hydrogen (secondary N) is 2. The zero-order valence-corrected chi connectivity index (χ0v) is 10.9. The number of urea groups is 1. The van der Waals surface area contributed by atoms with Crippen LogP contribution in [0, 0.1) is 11.3 Å². The van der Waals surface area contributed by atoms with Crippen molar-refractivity contribution in [2.75, 3.05) is 19.0 Å². The number of carbonyl (C=O) groups is 2. The molecule has 1 unspecified atom stereocenters. The predicted molar refractivity (Wildman–Crippen MR) is 71.2 cm³/mol. The van der Waals surface area contributed by atoms with E-state index in [4.69, 9.17) is 15.1 Å². The molecule has 1 rings (SSSR count). The maximum Gasteiger partial charge on any atom is 0.319 e. The summed E-state index contributed by atoms with van der Waals surface area (Å²) >= 11 is 0. The van der Waals surface area contributed by atoms with Crippen molar-refractivity contribution in [3.63, 3.8) is 0 Å². The van der Waals surface area contributed by atoms with Crippen LogP contribution in [0.15, 0.2) is 24.3 Å². The Morgan fingerprint density at radius 2 is 2.05 bits per heavy atom. The third-order valence-corrected chi connectivity index (χ3v) is 2.50. The maximum absolute atomic E-state index is 11.6. The summed E-state index contributed by atoms with van der Waals surface area (Å²) in [6.45, 7) is 0.0882. The molecule has 20 heavy (non-hydrogen) atoms. The fourth-order valence-electron chi connectivity index (χ4n) is 1.44. The van der Waals surface area contributed by atoms with Gasteiger partial charge in [0.1, 0.15) is 0 Å². The maximum atomic E-state index is 11.6. The number of hydrogen-bond acceptors (Lipinski definition) is 4. The van der Waals surface area contributed by atoms with Crippen LogP contribution in [0.4, 0.5) is 10.5 Å². The van der Waals surface area contributed by atoms with E-state index in [9.17, 15) is 9.59 Å². The highest BCUT2D eigenvalue weighted by Gasteiger charge is 2.13. The standard InChI is InChI=1S/C13H15N3O4/c1-20-11(6-12(17)18)8-15-13(19)16-10-4-2-9(7-14)3-5-10/h2-5,11H,6,8H2,1H3,(H,17,18)(H2,15,16,19). The summed E-state index contributed by atoms with van der Waals surface area (Å²) in [5.41, 5.74) is 1.03. The number of anilines is 1. The van der Waals surface area contributed by atoms with E-state index in [1.54, 1.807) is 24.3 Å². The van der Waals surface area contributed by atoms with Crippen LogP contribution in [-0.2, 0) is 9.53 Å². The molecule has 1 aromatic carbocycles. The molecule has 0 saturated carbocycles. The highest BCUT2D eigenvalue weighted by atomic mass is 16.5. The lowest BCUT2D eigenvalue weighted by Gasteiger charge is -2.14. The van der Waals surface area contributed by atoms with Gasteiger partial charge >= 0.3 is 12.0 Å². The van der Waals surface area contributed by atoms with E-state index in [2.05, 4.69) is 10.6 Å². The molecule has 0 fully saturated rings. The van der Waals surface area contributed by atoms with Crippen LogP contribution >= 0.6 is 0 Å². The smallest absolute Gasteiger partial charge is 0.319 e. The zero-order chi connectivity index (χ0) is 15.0. The number of carboxylic acid groups (broad SMARTS) is 1. The molecule has 7 heteroatoms. The molecule has 0 aliphatic rings. The van der Waals surface area contributed by atoms with Crippen molar-refractivity contribution >= 4 is 17.7 Å². The SMILES string of the molecule is COC(CNC(=O)Nc1ccc(C#N)cc1)CC(=O)O. The molecule has 0 saturated heterocycles. The Balaban J connectivity index is 2.42. The fraction of sp³-hybridized carbons (Fsp3) is 0.308. The first-order valence-electron chi connectivity index (χ1n) is 5.84. The molecule has 0 aromatic heterocycles. The molecule has 2 amide bonds. The summed E-state index contributed by atoms with van der Waals surface area (Å²) in [5.74, 6) is -0.994. The molecule has 0 bridgehead atoms. The van der Waals surface area contributed by atoms with Crippen LogP contribution in [0.2, 0.25) is 0 Å². The average molecular weight is 277 g/mol. The van der Waals surface area contributed by atoms with E-state index < -0.39 is 18.1 Å². The highest BCUT2D eigenvalue weighted by Crippen LogP contribution is 2.08. The Morgan fingerprint density at radius 1 is 1.40 bits per heavy atom. The Labute approximate surface area is 116 Å². The number of nitrogens with zero attached hydrogens (tertiary/aromatic N) is 1. The molecule has 0 heterocycles. The van der Waals surface area contributed by atoms with Crippen LogP contribution in [0.3, 0.4) is 0 Å². The van der Waals surface area contributed by atoms with Crippen molar-refractivity contribution in [3.05, 3.63) is 29.8 Å². The van der Waals surface area contributed by atoms with Crippen molar-refractivity contribution in [1.29, 1.82) is 5.26 Å². The van der Waals surface area contributed by atoms with Gasteiger partial charge < -0.3 is 20.5 Å². The minimum Gasteiger partial charge on any atom is -0.481 e. The van der Waals surface area contributed by atoms with Crippen molar-refractivity contribution in [1.82, 2.24) is 5.32 Å². The molecule has 7 nitrogen and oxygen atoms in total. The summed E-state index contributed by atoms with van der Waals surface area (Å²) in [6, 6.07) is 7.87. The zero-order valence-electron chi connectivity index (χ0n) is 10.9. The molecule has 0 aliphatic heterocycles. The average Bonchev–Trinajstić information content (AvgIpc) is 2.44. The van der Waals surface area contributed by atoms with Gasteiger partial charge in [-0.05, 0) is 24.3 Å². The number of ether oxygens (including phenoxy) is 1. The molecule has 0 spiro atoms. The summed E-state index contributed by atoms with van der Waals surface area (Å²) in [4.78, 5) is 22.1. The number of aliphatic carboxylic acids is 1. The second-order valence-electron chi connectivity index (χ2n) is 3.98. The van der Waals surface area contributed by atoms with Gasteiger partial charge in [0.05, 0.1) is 24.2 Å². The Morgan fingerprint density at radius 3 is 2.55 bits per heavy atom. The van der Waals surface area contributed by atoms with E-state index >= 15 is 0 Å². The lowest BCUT2D eigenvalue weighted by atomic mass is 10.2. The third-order valence-electron chi connectivity index (χ3n) is 2.50. The minimum atomic E-state index is -0.994. The van der Waals surface area contributed by atoms with Gasteiger partial charge in [-0.3, -0.25) is 4.79 Å². The number of hydrogen-bond donors (Lipinski definition) is 3. The Hall–Kier alpha value is -2.59. The minimum absolute atomic E-state index is 0.0882. The monoisotopic (exact) mass is 277 g/mol. The van der Waals surface area contributed by atoms with Gasteiger partial charge in [0.15, 0.2) is 0 Å². The molecule has 3 N–H and O–H groups in total. The normalized spacial score (nSPS) is 11.2. The third kappa shape index (κ3) is 5.37. The second-order valence-corrected chi connectivity index (χ2v) is 3.98. The lowest BCUT2D eigenvalue weighted by Crippen LogP contribution is -2.37. The van der Waals surface area contributed by atoms with Gasteiger partial charge in [-0.1, -0.05) is 0 Å². The first-order valence-corrected chi connectivity index (χ1v) is 5.84. The van der Waals surface area contributed by atoms with E-state index in [-0.39, 0.29) is 13.0 Å². The summed E-state index contributed by atoms with van der Waals surface area (Å²) in [5, 5.41) is 22.3. The van der Waals surface area contributed by atoms with Crippen LogP contribution in [0.25, 0.3) is 0 Å². The van der Waals surface area contributed by atoms with E-state index in [0.717, 1.165) is 0 Å². The van der Waals surface area contributed by atoms with Crippen molar-refractivity contribution in [2.45, 2.75) is 12.5 Å². The van der Waals surface area contributed by atoms with Crippen molar-refractivity contribution in [2.24, 2.45) is 0 Å². The highest BCUT2D eigenvalue weighted by molar-refractivity contribution is 5.89. The van der Waals surface area contributed by atoms with Gasteiger partial charge in [0, 0.05) is 19.3 Å². The molecule has 106 valence electrons. The number of benzene rings is 1. The van der Waals surface area contributed by atoms with Crippen LogP contribution in [0.5, 0.6) is 0 Å². The van der Waals surface area contributed by atoms with Crippen molar-refractivity contribution < 1.29 is 19.4 Å². The number of rotatable bonds is 6. The van der Waals surface area contributed by atoms with Gasteiger partial charge in [-0.25, -0.2) is 4.79 Å².